The predicted molar refractivity (Wildman–Crippen MR) is 235 cm³/mol. The highest BCUT2D eigenvalue weighted by molar-refractivity contribution is 6.16. The van der Waals surface area contributed by atoms with Gasteiger partial charge < -0.3 is 0 Å². The minimum absolute atomic E-state index is 0.0981. The first kappa shape index (κ1) is 33.7. The van der Waals surface area contributed by atoms with E-state index in [9.17, 15) is 0 Å². The van der Waals surface area contributed by atoms with Gasteiger partial charge in [0.2, 0.25) is 0 Å². The third-order valence-electron chi connectivity index (χ3n) is 12.3. The zero-order valence-corrected chi connectivity index (χ0v) is 31.4. The summed E-state index contributed by atoms with van der Waals surface area (Å²) in [4.78, 5) is 0. The van der Waals surface area contributed by atoms with E-state index in [1.807, 2.05) is 0 Å². The Morgan fingerprint density at radius 1 is 0.333 bits per heavy atom. The molecule has 1 aliphatic heterocycles. The molecule has 2 aliphatic rings. The molecule has 2 unspecified atom stereocenters. The third-order valence-corrected chi connectivity index (χ3v) is 12.3. The SMILES string of the molecule is c1ccc(C2NC(c3ccccc3)NC(c3c(-c4ccc5c(c4)C(c4ccccc4)(c4ccccc4)c4ccccc4-5)c4ccccc4c4ccccc34)N2)cc1. The first-order chi connectivity index (χ1) is 28.3. The van der Waals surface area contributed by atoms with E-state index in [0.29, 0.717) is 0 Å². The summed E-state index contributed by atoms with van der Waals surface area (Å²) in [5.41, 5.74) is 13.3. The number of rotatable bonds is 6. The quantitative estimate of drug-likeness (QED) is 0.149. The smallest absolute Gasteiger partial charge is 0.0876 e. The average Bonchev–Trinajstić information content (AvgIpc) is 3.60. The Bertz CT molecular complexity index is 2800. The summed E-state index contributed by atoms with van der Waals surface area (Å²) in [6, 6.07) is 77.9. The lowest BCUT2D eigenvalue weighted by Crippen LogP contribution is -2.54. The zero-order valence-electron chi connectivity index (χ0n) is 31.4. The second kappa shape index (κ2) is 13.8. The Morgan fingerprint density at radius 3 is 1.37 bits per heavy atom. The molecule has 0 aromatic heterocycles. The van der Waals surface area contributed by atoms with E-state index in [1.54, 1.807) is 0 Å². The van der Waals surface area contributed by atoms with Crippen molar-refractivity contribution in [3.63, 3.8) is 0 Å². The zero-order chi connectivity index (χ0) is 37.8. The molecule has 2 atom stereocenters. The summed E-state index contributed by atoms with van der Waals surface area (Å²) >= 11 is 0. The Balaban J connectivity index is 1.20. The van der Waals surface area contributed by atoms with Gasteiger partial charge in [0.15, 0.2) is 0 Å². The van der Waals surface area contributed by atoms with Crippen LogP contribution in [0.3, 0.4) is 0 Å². The summed E-state index contributed by atoms with van der Waals surface area (Å²) in [6.07, 6.45) is -0.400. The van der Waals surface area contributed by atoms with Crippen LogP contribution in [0.5, 0.6) is 0 Å². The van der Waals surface area contributed by atoms with Crippen LogP contribution in [0.25, 0.3) is 43.8 Å². The average molecular weight is 732 g/mol. The summed E-state index contributed by atoms with van der Waals surface area (Å²) in [5.74, 6) is 0. The second-order valence-corrected chi connectivity index (χ2v) is 15.3. The standard InChI is InChI=1S/C54H41N3/c1-5-19-36(20-6-1)51-55-52(37-21-7-2-8-22-37)57-53(56-51)50-46-31-16-14-28-42(46)41-27-13-15-30-45(41)49(50)38-33-34-44-43-29-17-18-32-47(43)54(48(44)35-38,39-23-9-3-10-24-39)40-25-11-4-12-26-40/h1-35,51-53,55-57H. The lowest BCUT2D eigenvalue weighted by Gasteiger charge is -2.41. The van der Waals surface area contributed by atoms with E-state index < -0.39 is 5.41 Å². The van der Waals surface area contributed by atoms with Crippen LogP contribution >= 0.6 is 0 Å². The van der Waals surface area contributed by atoms with Crippen molar-refractivity contribution in [3.8, 4) is 22.3 Å². The van der Waals surface area contributed by atoms with Crippen molar-refractivity contribution in [2.45, 2.75) is 23.9 Å². The monoisotopic (exact) mass is 731 g/mol. The lowest BCUT2D eigenvalue weighted by atomic mass is 9.67. The van der Waals surface area contributed by atoms with Gasteiger partial charge in [-0.25, -0.2) is 0 Å². The van der Waals surface area contributed by atoms with Crippen LogP contribution < -0.4 is 16.0 Å². The Hall–Kier alpha value is -6.62. The summed E-state index contributed by atoms with van der Waals surface area (Å²) in [5, 5.41) is 17.0. The molecule has 1 heterocycles. The van der Waals surface area contributed by atoms with Gasteiger partial charge in [-0.2, -0.15) is 0 Å². The Labute approximate surface area is 333 Å². The van der Waals surface area contributed by atoms with Gasteiger partial charge in [-0.05, 0) is 88.8 Å². The maximum atomic E-state index is 4.06. The minimum Gasteiger partial charge on any atom is -0.279 e. The topological polar surface area (TPSA) is 36.1 Å². The molecular weight excluding hydrogens is 691 g/mol. The van der Waals surface area contributed by atoms with Crippen LogP contribution in [0.1, 0.15) is 57.4 Å². The van der Waals surface area contributed by atoms with Gasteiger partial charge in [-0.15, -0.1) is 0 Å². The Kier molecular flexibility index (Phi) is 8.18. The van der Waals surface area contributed by atoms with Gasteiger partial charge in [-0.3, -0.25) is 16.0 Å². The van der Waals surface area contributed by atoms with Crippen molar-refractivity contribution < 1.29 is 0 Å². The Morgan fingerprint density at radius 2 is 0.772 bits per heavy atom. The third kappa shape index (κ3) is 5.39. The van der Waals surface area contributed by atoms with Gasteiger partial charge in [-0.1, -0.05) is 206 Å². The maximum Gasteiger partial charge on any atom is 0.0876 e. The van der Waals surface area contributed by atoms with Crippen LogP contribution in [0, 0.1) is 0 Å². The van der Waals surface area contributed by atoms with Gasteiger partial charge in [0.1, 0.15) is 0 Å². The molecule has 11 rings (SSSR count). The van der Waals surface area contributed by atoms with Crippen LogP contribution in [-0.2, 0) is 5.41 Å². The van der Waals surface area contributed by atoms with E-state index in [4.69, 9.17) is 0 Å². The van der Waals surface area contributed by atoms with E-state index in [0.717, 1.165) is 0 Å². The molecule has 3 nitrogen and oxygen atoms in total. The molecule has 1 saturated heterocycles. The van der Waals surface area contributed by atoms with Gasteiger partial charge in [0.25, 0.3) is 0 Å². The van der Waals surface area contributed by atoms with Crippen LogP contribution in [0.15, 0.2) is 212 Å². The summed E-state index contributed by atoms with van der Waals surface area (Å²) in [7, 11) is 0. The highest BCUT2D eigenvalue weighted by Crippen LogP contribution is 2.57. The van der Waals surface area contributed by atoms with Gasteiger partial charge in [0.05, 0.1) is 23.9 Å². The lowest BCUT2D eigenvalue weighted by molar-refractivity contribution is 0.204. The minimum atomic E-state index is -0.501. The molecule has 0 amide bonds. The molecule has 0 radical (unpaired) electrons. The summed E-state index contributed by atoms with van der Waals surface area (Å²) in [6.45, 7) is 0. The van der Waals surface area contributed by atoms with Crippen LogP contribution in [0.2, 0.25) is 0 Å². The second-order valence-electron chi connectivity index (χ2n) is 15.3. The fourth-order valence-electron chi connectivity index (χ4n) is 9.87. The largest absolute Gasteiger partial charge is 0.279 e. The van der Waals surface area contributed by atoms with Gasteiger partial charge in [0, 0.05) is 0 Å². The van der Waals surface area contributed by atoms with Crippen LogP contribution in [0.4, 0.5) is 0 Å². The molecule has 3 N–H and O–H groups in total. The van der Waals surface area contributed by atoms with E-state index in [2.05, 4.69) is 228 Å². The molecule has 272 valence electrons. The number of nitrogens with one attached hydrogen (secondary N) is 3. The normalized spacial score (nSPS) is 18.3. The molecule has 0 spiro atoms. The van der Waals surface area contributed by atoms with Crippen molar-refractivity contribution in [2.24, 2.45) is 0 Å². The first-order valence-corrected chi connectivity index (χ1v) is 20.0. The first-order valence-electron chi connectivity index (χ1n) is 20.0. The van der Waals surface area contributed by atoms with Crippen molar-refractivity contribution in [1.29, 1.82) is 0 Å². The molecular formula is C54H41N3. The number of hydrogen-bond donors (Lipinski definition) is 3. The highest BCUT2D eigenvalue weighted by atomic mass is 15.4. The van der Waals surface area contributed by atoms with E-state index in [1.165, 1.54) is 82.7 Å². The molecule has 0 bridgehead atoms. The van der Waals surface area contributed by atoms with Crippen molar-refractivity contribution >= 4 is 21.5 Å². The van der Waals surface area contributed by atoms with Crippen molar-refractivity contribution in [1.82, 2.24) is 16.0 Å². The molecule has 9 aromatic rings. The van der Waals surface area contributed by atoms with Gasteiger partial charge >= 0.3 is 0 Å². The predicted octanol–water partition coefficient (Wildman–Crippen LogP) is 12.2. The number of benzene rings is 9. The molecule has 1 fully saturated rings. The fraction of sp³-hybridized carbons (Fsp3) is 0.0741. The molecule has 3 heteroatoms. The van der Waals surface area contributed by atoms with Crippen molar-refractivity contribution in [3.05, 3.63) is 251 Å². The number of fused-ring (bicyclic) bond motifs is 6. The highest BCUT2D eigenvalue weighted by Gasteiger charge is 2.46. The molecule has 0 saturated carbocycles. The van der Waals surface area contributed by atoms with Crippen molar-refractivity contribution in [2.75, 3.05) is 0 Å². The fourth-order valence-corrected chi connectivity index (χ4v) is 9.87. The van der Waals surface area contributed by atoms with Crippen LogP contribution in [-0.4, -0.2) is 0 Å². The molecule has 57 heavy (non-hydrogen) atoms. The molecule has 1 aliphatic carbocycles. The number of hydrogen-bond acceptors (Lipinski definition) is 3. The van der Waals surface area contributed by atoms with E-state index >= 15 is 0 Å². The summed E-state index contributed by atoms with van der Waals surface area (Å²) < 4.78 is 0. The maximum absolute atomic E-state index is 4.06. The van der Waals surface area contributed by atoms with E-state index in [-0.39, 0.29) is 18.5 Å². The molecule has 9 aromatic carbocycles.